The molecule has 20 heavy (non-hydrogen) atoms. The number of anilines is 3. The number of nitrogen functional groups attached to an aromatic ring is 1. The van der Waals surface area contributed by atoms with E-state index in [1.165, 1.54) is 5.56 Å². The Labute approximate surface area is 117 Å². The normalized spacial score (nSPS) is 10.4. The highest BCUT2D eigenvalue weighted by Gasteiger charge is 2.06. The van der Waals surface area contributed by atoms with E-state index in [1.807, 2.05) is 36.4 Å². The Balaban J connectivity index is 1.80. The largest absolute Gasteiger partial charge is 0.431 e. The molecular weight excluding hydrogens is 250 g/mol. The summed E-state index contributed by atoms with van der Waals surface area (Å²) in [6.07, 6.45) is 1.64. The van der Waals surface area contributed by atoms with Gasteiger partial charge in [0.25, 0.3) is 6.01 Å². The molecule has 0 amide bonds. The first-order valence-electron chi connectivity index (χ1n) is 6.36. The average molecular weight is 265 g/mol. The molecule has 0 aliphatic rings. The Morgan fingerprint density at radius 1 is 1.00 bits per heavy atom. The lowest BCUT2D eigenvalue weighted by molar-refractivity contribution is 0.578. The number of nitrogens with two attached hydrogens (primary N) is 1. The summed E-state index contributed by atoms with van der Waals surface area (Å²) in [6.45, 7) is 2.06. The van der Waals surface area contributed by atoms with Crippen molar-refractivity contribution in [3.8, 4) is 11.3 Å². The summed E-state index contributed by atoms with van der Waals surface area (Å²) in [4.78, 5) is 4.42. The second-order valence-electron chi connectivity index (χ2n) is 4.65. The maximum Gasteiger partial charge on any atom is 0.299 e. The van der Waals surface area contributed by atoms with Crippen molar-refractivity contribution in [3.05, 3.63) is 60.4 Å². The van der Waals surface area contributed by atoms with Crippen LogP contribution in [-0.2, 0) is 0 Å². The van der Waals surface area contributed by atoms with Gasteiger partial charge in [-0.05, 0) is 31.2 Å². The van der Waals surface area contributed by atoms with Gasteiger partial charge in [-0.15, -0.1) is 0 Å². The minimum Gasteiger partial charge on any atom is -0.431 e. The van der Waals surface area contributed by atoms with E-state index in [2.05, 4.69) is 29.4 Å². The lowest BCUT2D eigenvalue weighted by atomic mass is 10.1. The van der Waals surface area contributed by atoms with Gasteiger partial charge in [0.05, 0.1) is 0 Å². The molecule has 3 aromatic rings. The van der Waals surface area contributed by atoms with Crippen molar-refractivity contribution in [2.24, 2.45) is 0 Å². The van der Waals surface area contributed by atoms with Crippen LogP contribution in [0.25, 0.3) is 11.3 Å². The van der Waals surface area contributed by atoms with Gasteiger partial charge in [0, 0.05) is 16.9 Å². The topological polar surface area (TPSA) is 64.1 Å². The number of aryl methyl sites for hydroxylation is 1. The molecule has 100 valence electrons. The highest BCUT2D eigenvalue weighted by Crippen LogP contribution is 2.23. The molecule has 0 unspecified atom stereocenters. The van der Waals surface area contributed by atoms with Crippen LogP contribution in [0.5, 0.6) is 0 Å². The minimum absolute atomic E-state index is 0.463. The third-order valence-electron chi connectivity index (χ3n) is 3.01. The zero-order valence-corrected chi connectivity index (χ0v) is 11.1. The molecule has 3 rings (SSSR count). The van der Waals surface area contributed by atoms with Crippen molar-refractivity contribution >= 4 is 17.4 Å². The lowest BCUT2D eigenvalue weighted by Gasteiger charge is -2.01. The molecule has 2 aromatic carbocycles. The van der Waals surface area contributed by atoms with Crippen LogP contribution in [0.1, 0.15) is 5.56 Å². The highest BCUT2D eigenvalue weighted by atomic mass is 16.4. The smallest absolute Gasteiger partial charge is 0.299 e. The molecule has 0 saturated carbocycles. The van der Waals surface area contributed by atoms with E-state index in [4.69, 9.17) is 10.2 Å². The van der Waals surface area contributed by atoms with Crippen LogP contribution in [0.3, 0.4) is 0 Å². The summed E-state index contributed by atoms with van der Waals surface area (Å²) >= 11 is 0. The van der Waals surface area contributed by atoms with Crippen molar-refractivity contribution in [2.75, 3.05) is 11.1 Å². The number of benzene rings is 2. The van der Waals surface area contributed by atoms with Gasteiger partial charge in [0.1, 0.15) is 12.0 Å². The van der Waals surface area contributed by atoms with E-state index in [1.54, 1.807) is 6.26 Å². The zero-order chi connectivity index (χ0) is 13.9. The third-order valence-corrected chi connectivity index (χ3v) is 3.01. The van der Waals surface area contributed by atoms with Crippen LogP contribution in [0.15, 0.2) is 59.2 Å². The van der Waals surface area contributed by atoms with Gasteiger partial charge in [-0.3, -0.25) is 0 Å². The number of hydrogen-bond acceptors (Lipinski definition) is 4. The van der Waals surface area contributed by atoms with Crippen LogP contribution >= 0.6 is 0 Å². The van der Waals surface area contributed by atoms with Crippen molar-refractivity contribution in [1.82, 2.24) is 4.98 Å². The molecule has 3 N–H and O–H groups in total. The Morgan fingerprint density at radius 2 is 1.70 bits per heavy atom. The van der Waals surface area contributed by atoms with E-state index in [0.717, 1.165) is 22.6 Å². The van der Waals surface area contributed by atoms with Gasteiger partial charge in [-0.25, -0.2) is 0 Å². The Bertz CT molecular complexity index is 699. The van der Waals surface area contributed by atoms with Crippen LogP contribution in [-0.4, -0.2) is 4.98 Å². The van der Waals surface area contributed by atoms with Crippen LogP contribution in [0.2, 0.25) is 0 Å². The molecule has 4 nitrogen and oxygen atoms in total. The SMILES string of the molecule is Cc1ccc(-c2coc(Nc3ccc(N)cc3)n2)cc1. The lowest BCUT2D eigenvalue weighted by Crippen LogP contribution is -1.91. The molecular formula is C16H15N3O. The maximum atomic E-state index is 5.65. The first-order chi connectivity index (χ1) is 9.70. The molecule has 0 aliphatic heterocycles. The Morgan fingerprint density at radius 3 is 2.40 bits per heavy atom. The molecule has 1 heterocycles. The van der Waals surface area contributed by atoms with Gasteiger partial charge in [-0.2, -0.15) is 4.98 Å². The molecule has 0 atom stereocenters. The van der Waals surface area contributed by atoms with Gasteiger partial charge in [-0.1, -0.05) is 29.8 Å². The molecule has 4 heteroatoms. The molecule has 1 aromatic heterocycles. The van der Waals surface area contributed by atoms with E-state index < -0.39 is 0 Å². The van der Waals surface area contributed by atoms with Crippen molar-refractivity contribution in [1.29, 1.82) is 0 Å². The number of rotatable bonds is 3. The van der Waals surface area contributed by atoms with E-state index in [0.29, 0.717) is 6.01 Å². The van der Waals surface area contributed by atoms with Crippen LogP contribution in [0, 0.1) is 6.92 Å². The Hall–Kier alpha value is -2.75. The van der Waals surface area contributed by atoms with Gasteiger partial charge in [0.2, 0.25) is 0 Å². The fraction of sp³-hybridized carbons (Fsp3) is 0.0625. The van der Waals surface area contributed by atoms with Gasteiger partial charge >= 0.3 is 0 Å². The van der Waals surface area contributed by atoms with Crippen LogP contribution in [0.4, 0.5) is 17.4 Å². The molecule has 0 spiro atoms. The molecule has 0 aliphatic carbocycles. The molecule has 0 fully saturated rings. The summed E-state index contributed by atoms with van der Waals surface area (Å²) in [5.41, 5.74) is 10.3. The maximum absolute atomic E-state index is 5.65. The number of nitrogens with one attached hydrogen (secondary N) is 1. The number of oxazole rings is 1. The van der Waals surface area contributed by atoms with Gasteiger partial charge in [0.15, 0.2) is 0 Å². The van der Waals surface area contributed by atoms with E-state index in [9.17, 15) is 0 Å². The molecule has 0 bridgehead atoms. The summed E-state index contributed by atoms with van der Waals surface area (Å²) < 4.78 is 5.43. The highest BCUT2D eigenvalue weighted by molar-refractivity contribution is 5.62. The second kappa shape index (κ2) is 5.09. The third kappa shape index (κ3) is 2.64. The number of hydrogen-bond donors (Lipinski definition) is 2. The monoisotopic (exact) mass is 265 g/mol. The molecule has 0 radical (unpaired) electrons. The van der Waals surface area contributed by atoms with E-state index in [-0.39, 0.29) is 0 Å². The number of nitrogens with zero attached hydrogens (tertiary/aromatic N) is 1. The first kappa shape index (κ1) is 12.3. The quantitative estimate of drug-likeness (QED) is 0.703. The number of aromatic nitrogens is 1. The van der Waals surface area contributed by atoms with Crippen molar-refractivity contribution in [3.63, 3.8) is 0 Å². The standard InChI is InChI=1S/C16H15N3O/c1-11-2-4-12(5-3-11)15-10-20-16(19-15)18-14-8-6-13(17)7-9-14/h2-10H,17H2,1H3,(H,18,19). The second-order valence-corrected chi connectivity index (χ2v) is 4.65. The molecule has 0 saturated heterocycles. The summed E-state index contributed by atoms with van der Waals surface area (Å²) in [5, 5.41) is 3.10. The summed E-state index contributed by atoms with van der Waals surface area (Å²) in [6, 6.07) is 16.0. The van der Waals surface area contributed by atoms with E-state index >= 15 is 0 Å². The van der Waals surface area contributed by atoms with Crippen LogP contribution < -0.4 is 11.1 Å². The first-order valence-corrected chi connectivity index (χ1v) is 6.36. The van der Waals surface area contributed by atoms with Crippen molar-refractivity contribution in [2.45, 2.75) is 6.92 Å². The summed E-state index contributed by atoms with van der Waals surface area (Å²) in [5.74, 6) is 0. The fourth-order valence-corrected chi connectivity index (χ4v) is 1.88. The fourth-order valence-electron chi connectivity index (χ4n) is 1.88. The Kier molecular flexibility index (Phi) is 3.13. The average Bonchev–Trinajstić information content (AvgIpc) is 2.91. The van der Waals surface area contributed by atoms with Gasteiger partial charge < -0.3 is 15.5 Å². The zero-order valence-electron chi connectivity index (χ0n) is 11.1. The predicted molar refractivity (Wildman–Crippen MR) is 80.8 cm³/mol. The summed E-state index contributed by atoms with van der Waals surface area (Å²) in [7, 11) is 0. The van der Waals surface area contributed by atoms with Crippen molar-refractivity contribution < 1.29 is 4.42 Å². The predicted octanol–water partition coefficient (Wildman–Crippen LogP) is 3.98. The minimum atomic E-state index is 0.463.